The van der Waals surface area contributed by atoms with Gasteiger partial charge in [0.25, 0.3) is 5.91 Å². The second-order valence-electron chi connectivity index (χ2n) is 7.38. The molecule has 6 nitrogen and oxygen atoms in total. The average molecular weight is 422 g/mol. The summed E-state index contributed by atoms with van der Waals surface area (Å²) in [5.41, 5.74) is 3.76. The fourth-order valence-electron chi connectivity index (χ4n) is 3.09. The Morgan fingerprint density at radius 3 is 2.67 bits per heavy atom. The Labute approximate surface area is 178 Å². The third-order valence-electron chi connectivity index (χ3n) is 4.63. The number of aryl methyl sites for hydroxylation is 1. The summed E-state index contributed by atoms with van der Waals surface area (Å²) < 4.78 is 11.6. The third-order valence-corrected chi connectivity index (χ3v) is 5.47. The molecule has 1 amide bonds. The number of anilines is 1. The number of nitrogens with one attached hydrogen (secondary N) is 1. The number of para-hydroxylation sites is 1. The van der Waals surface area contributed by atoms with Crippen LogP contribution >= 0.6 is 11.3 Å². The summed E-state index contributed by atoms with van der Waals surface area (Å²) in [6.07, 6.45) is 0.716. The molecule has 0 spiro atoms. The molecule has 0 aliphatic rings. The molecule has 0 aliphatic heterocycles. The van der Waals surface area contributed by atoms with Crippen molar-refractivity contribution in [3.05, 3.63) is 76.0 Å². The molecule has 0 bridgehead atoms. The van der Waals surface area contributed by atoms with Crippen LogP contribution in [0.25, 0.3) is 11.0 Å². The van der Waals surface area contributed by atoms with Gasteiger partial charge in [-0.2, -0.15) is 0 Å². The second-order valence-corrected chi connectivity index (χ2v) is 8.45. The van der Waals surface area contributed by atoms with Crippen molar-refractivity contribution in [3.63, 3.8) is 0 Å². The van der Waals surface area contributed by atoms with Gasteiger partial charge >= 0.3 is 0 Å². The van der Waals surface area contributed by atoms with E-state index < -0.39 is 0 Å². The lowest BCUT2D eigenvalue weighted by Gasteiger charge is -2.07. The lowest BCUT2D eigenvalue weighted by molar-refractivity contribution is 0.0648. The molecule has 0 fully saturated rings. The van der Waals surface area contributed by atoms with E-state index in [9.17, 15) is 4.79 Å². The molecule has 0 radical (unpaired) electrons. The zero-order valence-electron chi connectivity index (χ0n) is 17.1. The summed E-state index contributed by atoms with van der Waals surface area (Å²) in [6.45, 7) is 6.27. The molecule has 0 saturated heterocycles. The first-order valence-electron chi connectivity index (χ1n) is 9.81. The predicted octanol–water partition coefficient (Wildman–Crippen LogP) is 5.36. The van der Waals surface area contributed by atoms with Crippen molar-refractivity contribution in [1.29, 1.82) is 0 Å². The quantitative estimate of drug-likeness (QED) is 0.435. The van der Waals surface area contributed by atoms with Gasteiger partial charge in [0.15, 0.2) is 5.76 Å². The van der Waals surface area contributed by atoms with E-state index in [1.165, 1.54) is 16.9 Å². The zero-order valence-corrected chi connectivity index (χ0v) is 18.0. The summed E-state index contributed by atoms with van der Waals surface area (Å²) in [5, 5.41) is 13.3. The van der Waals surface area contributed by atoms with E-state index in [1.807, 2.05) is 38.1 Å². The van der Waals surface area contributed by atoms with Crippen LogP contribution in [0.2, 0.25) is 0 Å². The Balaban J connectivity index is 1.52. The Morgan fingerprint density at radius 2 is 1.90 bits per heavy atom. The Morgan fingerprint density at radius 1 is 1.13 bits per heavy atom. The third kappa shape index (κ3) is 4.58. The SMILES string of the molecule is Cc1ccc(Cc2nnc(NC(=O)c3oc4ccccc4c3COC(C)C)s2)cc1. The zero-order chi connectivity index (χ0) is 21.1. The van der Waals surface area contributed by atoms with Gasteiger partial charge in [0.05, 0.1) is 12.7 Å². The molecular weight excluding hydrogens is 398 g/mol. The van der Waals surface area contributed by atoms with E-state index in [2.05, 4.69) is 46.7 Å². The monoisotopic (exact) mass is 421 g/mol. The van der Waals surface area contributed by atoms with E-state index >= 15 is 0 Å². The van der Waals surface area contributed by atoms with Gasteiger partial charge in [-0.1, -0.05) is 59.4 Å². The van der Waals surface area contributed by atoms with Crippen LogP contribution in [0.5, 0.6) is 0 Å². The molecule has 1 N–H and O–H groups in total. The smallest absolute Gasteiger partial charge is 0.293 e. The van der Waals surface area contributed by atoms with Crippen molar-refractivity contribution >= 4 is 33.3 Å². The number of ether oxygens (including phenoxy) is 1. The lowest BCUT2D eigenvalue weighted by Crippen LogP contribution is -2.14. The van der Waals surface area contributed by atoms with Gasteiger partial charge in [-0.3, -0.25) is 10.1 Å². The minimum atomic E-state index is -0.355. The number of benzene rings is 2. The molecule has 4 rings (SSSR count). The number of fused-ring (bicyclic) bond motifs is 1. The highest BCUT2D eigenvalue weighted by Gasteiger charge is 2.22. The van der Waals surface area contributed by atoms with Crippen molar-refractivity contribution in [2.75, 3.05) is 5.32 Å². The molecule has 30 heavy (non-hydrogen) atoms. The molecule has 0 saturated carbocycles. The van der Waals surface area contributed by atoms with Crippen molar-refractivity contribution in [2.45, 2.75) is 39.9 Å². The molecule has 154 valence electrons. The number of carbonyl (C=O) groups excluding carboxylic acids is 1. The van der Waals surface area contributed by atoms with Crippen LogP contribution in [0.3, 0.4) is 0 Å². The normalized spacial score (nSPS) is 11.3. The highest BCUT2D eigenvalue weighted by Crippen LogP contribution is 2.28. The van der Waals surface area contributed by atoms with Crippen LogP contribution in [-0.4, -0.2) is 22.2 Å². The van der Waals surface area contributed by atoms with Gasteiger partial charge in [-0.25, -0.2) is 0 Å². The van der Waals surface area contributed by atoms with Gasteiger partial charge < -0.3 is 9.15 Å². The summed E-state index contributed by atoms with van der Waals surface area (Å²) in [5.74, 6) is -0.112. The fourth-order valence-corrected chi connectivity index (χ4v) is 3.85. The van der Waals surface area contributed by atoms with Gasteiger partial charge in [-0.15, -0.1) is 10.2 Å². The highest BCUT2D eigenvalue weighted by atomic mass is 32.1. The van der Waals surface area contributed by atoms with Gasteiger partial charge in [0.2, 0.25) is 5.13 Å². The first kappa shape index (κ1) is 20.3. The van der Waals surface area contributed by atoms with Crippen LogP contribution in [0, 0.1) is 6.92 Å². The minimum absolute atomic E-state index is 0.0436. The number of furan rings is 1. The molecular formula is C23H23N3O3S. The van der Waals surface area contributed by atoms with Crippen LogP contribution in [-0.2, 0) is 17.8 Å². The molecule has 0 unspecified atom stereocenters. The van der Waals surface area contributed by atoms with Crippen LogP contribution in [0.1, 0.15) is 46.1 Å². The molecule has 7 heteroatoms. The maximum atomic E-state index is 12.9. The van der Waals surface area contributed by atoms with E-state index in [0.29, 0.717) is 23.7 Å². The number of carbonyl (C=O) groups is 1. The van der Waals surface area contributed by atoms with Crippen LogP contribution < -0.4 is 5.32 Å². The van der Waals surface area contributed by atoms with E-state index in [0.717, 1.165) is 21.5 Å². The Bertz CT molecular complexity index is 1160. The number of nitrogens with zero attached hydrogens (tertiary/aromatic N) is 2. The van der Waals surface area contributed by atoms with Crippen LogP contribution in [0.15, 0.2) is 52.9 Å². The minimum Gasteiger partial charge on any atom is -0.451 e. The number of rotatable bonds is 7. The van der Waals surface area contributed by atoms with Crippen molar-refractivity contribution in [3.8, 4) is 0 Å². The largest absolute Gasteiger partial charge is 0.451 e. The van der Waals surface area contributed by atoms with E-state index in [-0.39, 0.29) is 17.8 Å². The number of hydrogen-bond acceptors (Lipinski definition) is 6. The first-order valence-corrected chi connectivity index (χ1v) is 10.6. The molecule has 2 heterocycles. The van der Waals surface area contributed by atoms with E-state index in [4.69, 9.17) is 9.15 Å². The molecule has 2 aromatic carbocycles. The Hall–Kier alpha value is -3.03. The molecule has 0 atom stereocenters. The number of aromatic nitrogens is 2. The summed E-state index contributed by atoms with van der Waals surface area (Å²) in [7, 11) is 0. The van der Waals surface area contributed by atoms with Crippen molar-refractivity contribution in [2.24, 2.45) is 0 Å². The highest BCUT2D eigenvalue weighted by molar-refractivity contribution is 7.15. The standard InChI is InChI=1S/C23H23N3O3S/c1-14(2)28-13-18-17-6-4-5-7-19(17)29-21(18)22(27)24-23-26-25-20(30-23)12-16-10-8-15(3)9-11-16/h4-11,14H,12-13H2,1-3H3,(H,24,26,27). The number of amides is 1. The summed E-state index contributed by atoms with van der Waals surface area (Å²) in [6, 6.07) is 15.9. The first-order chi connectivity index (χ1) is 14.5. The van der Waals surface area contributed by atoms with Crippen molar-refractivity contribution in [1.82, 2.24) is 10.2 Å². The van der Waals surface area contributed by atoms with Gasteiger partial charge in [-0.05, 0) is 32.4 Å². The van der Waals surface area contributed by atoms with Crippen molar-refractivity contribution < 1.29 is 13.9 Å². The molecule has 4 aromatic rings. The van der Waals surface area contributed by atoms with Gasteiger partial charge in [0.1, 0.15) is 10.6 Å². The average Bonchev–Trinajstić information content (AvgIpc) is 3.32. The topological polar surface area (TPSA) is 77.3 Å². The summed E-state index contributed by atoms with van der Waals surface area (Å²) in [4.78, 5) is 12.9. The van der Waals surface area contributed by atoms with Gasteiger partial charge in [0, 0.05) is 17.4 Å². The Kier molecular flexibility index (Phi) is 5.92. The summed E-state index contributed by atoms with van der Waals surface area (Å²) >= 11 is 1.36. The maximum Gasteiger partial charge on any atom is 0.293 e. The lowest BCUT2D eigenvalue weighted by atomic mass is 10.1. The van der Waals surface area contributed by atoms with E-state index in [1.54, 1.807) is 0 Å². The second kappa shape index (κ2) is 8.77. The predicted molar refractivity (Wildman–Crippen MR) is 118 cm³/mol. The maximum absolute atomic E-state index is 12.9. The van der Waals surface area contributed by atoms with Crippen LogP contribution in [0.4, 0.5) is 5.13 Å². The fraction of sp³-hybridized carbons (Fsp3) is 0.261. The molecule has 2 aromatic heterocycles. The molecule has 0 aliphatic carbocycles. The number of hydrogen-bond donors (Lipinski definition) is 1.